The van der Waals surface area contributed by atoms with E-state index in [1.165, 1.54) is 6.07 Å². The Hall–Kier alpha value is -1.00. The van der Waals surface area contributed by atoms with Crippen LogP contribution in [0.2, 0.25) is 0 Å². The average molecular weight is 254 g/mol. The van der Waals surface area contributed by atoms with Gasteiger partial charge in [0.1, 0.15) is 0 Å². The molecular formula is C14H20F2N2. The van der Waals surface area contributed by atoms with Gasteiger partial charge in [-0.15, -0.1) is 0 Å². The molecule has 0 aliphatic carbocycles. The van der Waals surface area contributed by atoms with Gasteiger partial charge in [0.2, 0.25) is 0 Å². The molecule has 0 amide bonds. The van der Waals surface area contributed by atoms with E-state index in [2.05, 4.69) is 18.7 Å². The number of rotatable bonds is 3. The molecule has 2 rings (SSSR count). The molecule has 3 unspecified atom stereocenters. The molecule has 100 valence electrons. The summed E-state index contributed by atoms with van der Waals surface area (Å²) in [5.74, 6) is -0.315. The highest BCUT2D eigenvalue weighted by atomic mass is 19.2. The Bertz CT molecular complexity index is 412. The molecule has 1 aliphatic heterocycles. The fourth-order valence-corrected chi connectivity index (χ4v) is 2.52. The van der Waals surface area contributed by atoms with E-state index in [1.807, 2.05) is 0 Å². The molecule has 18 heavy (non-hydrogen) atoms. The van der Waals surface area contributed by atoms with Gasteiger partial charge in [0.05, 0.1) is 0 Å². The van der Waals surface area contributed by atoms with E-state index >= 15 is 0 Å². The smallest absolute Gasteiger partial charge is 0.159 e. The molecule has 3 atom stereocenters. The van der Waals surface area contributed by atoms with Crippen LogP contribution in [-0.4, -0.2) is 24.5 Å². The van der Waals surface area contributed by atoms with Crippen LogP contribution in [0.4, 0.5) is 8.78 Å². The lowest BCUT2D eigenvalue weighted by Crippen LogP contribution is -2.30. The molecule has 1 heterocycles. The first-order valence-electron chi connectivity index (χ1n) is 6.40. The van der Waals surface area contributed by atoms with Crippen molar-refractivity contribution in [3.05, 3.63) is 35.4 Å². The first kappa shape index (κ1) is 13.4. The molecule has 0 saturated carbocycles. The van der Waals surface area contributed by atoms with E-state index in [0.717, 1.165) is 19.2 Å². The third kappa shape index (κ3) is 2.87. The van der Waals surface area contributed by atoms with E-state index in [4.69, 9.17) is 5.73 Å². The fraction of sp³-hybridized carbons (Fsp3) is 0.571. The van der Waals surface area contributed by atoms with Crippen molar-refractivity contribution in [3.8, 4) is 0 Å². The van der Waals surface area contributed by atoms with Crippen LogP contribution in [0, 0.1) is 23.5 Å². The van der Waals surface area contributed by atoms with Gasteiger partial charge in [0.25, 0.3) is 0 Å². The van der Waals surface area contributed by atoms with Crippen molar-refractivity contribution < 1.29 is 8.78 Å². The Morgan fingerprint density at radius 1 is 1.22 bits per heavy atom. The van der Waals surface area contributed by atoms with Crippen LogP contribution in [0.15, 0.2) is 18.2 Å². The lowest BCUT2D eigenvalue weighted by molar-refractivity contribution is 0.302. The molecule has 1 aliphatic rings. The zero-order valence-electron chi connectivity index (χ0n) is 10.9. The number of nitrogens with zero attached hydrogens (tertiary/aromatic N) is 1. The van der Waals surface area contributed by atoms with E-state index in [1.54, 1.807) is 6.07 Å². The van der Waals surface area contributed by atoms with Crippen molar-refractivity contribution in [2.24, 2.45) is 17.6 Å². The average Bonchev–Trinajstić information content (AvgIpc) is 2.61. The van der Waals surface area contributed by atoms with Gasteiger partial charge in [-0.2, -0.15) is 0 Å². The molecule has 1 saturated heterocycles. The van der Waals surface area contributed by atoms with Gasteiger partial charge in [0, 0.05) is 25.7 Å². The molecule has 2 nitrogen and oxygen atoms in total. The minimum atomic E-state index is -0.828. The minimum absolute atomic E-state index is 0.266. The van der Waals surface area contributed by atoms with Crippen LogP contribution in [0.3, 0.4) is 0 Å². The van der Waals surface area contributed by atoms with E-state index in [-0.39, 0.29) is 6.04 Å². The third-order valence-electron chi connectivity index (χ3n) is 3.89. The van der Waals surface area contributed by atoms with Gasteiger partial charge < -0.3 is 10.6 Å². The van der Waals surface area contributed by atoms with Gasteiger partial charge in [-0.25, -0.2) is 8.78 Å². The standard InChI is InChI=1S/C14H20F2N2/c1-9-6-18(7-10(9)2)8-14(17)11-3-4-12(15)13(16)5-11/h3-5,9-10,14H,6-8,17H2,1-2H3. The summed E-state index contributed by atoms with van der Waals surface area (Å²) in [6.07, 6.45) is 0. The van der Waals surface area contributed by atoms with Gasteiger partial charge in [0.15, 0.2) is 11.6 Å². The Morgan fingerprint density at radius 3 is 2.39 bits per heavy atom. The zero-order valence-corrected chi connectivity index (χ0v) is 10.9. The molecule has 1 aromatic rings. The predicted molar refractivity (Wildman–Crippen MR) is 68.1 cm³/mol. The van der Waals surface area contributed by atoms with Crippen LogP contribution in [-0.2, 0) is 0 Å². The number of benzene rings is 1. The molecule has 0 bridgehead atoms. The lowest BCUT2D eigenvalue weighted by atomic mass is 10.0. The summed E-state index contributed by atoms with van der Waals surface area (Å²) < 4.78 is 26.0. The molecule has 1 fully saturated rings. The Morgan fingerprint density at radius 2 is 1.83 bits per heavy atom. The highest BCUT2D eigenvalue weighted by molar-refractivity contribution is 5.21. The van der Waals surface area contributed by atoms with Gasteiger partial charge in [-0.05, 0) is 29.5 Å². The maximum Gasteiger partial charge on any atom is 0.159 e. The quantitative estimate of drug-likeness (QED) is 0.898. The lowest BCUT2D eigenvalue weighted by Gasteiger charge is -2.21. The Labute approximate surface area is 107 Å². The minimum Gasteiger partial charge on any atom is -0.323 e. The van der Waals surface area contributed by atoms with E-state index < -0.39 is 11.6 Å². The van der Waals surface area contributed by atoms with E-state index in [9.17, 15) is 8.78 Å². The van der Waals surface area contributed by atoms with Gasteiger partial charge >= 0.3 is 0 Å². The van der Waals surface area contributed by atoms with Crippen LogP contribution in [0.5, 0.6) is 0 Å². The molecule has 2 N–H and O–H groups in total. The second-order valence-corrected chi connectivity index (χ2v) is 5.45. The summed E-state index contributed by atoms with van der Waals surface area (Å²) in [7, 11) is 0. The Kier molecular flexibility index (Phi) is 3.97. The molecule has 0 spiro atoms. The van der Waals surface area contributed by atoms with Gasteiger partial charge in [-0.3, -0.25) is 0 Å². The molecule has 4 heteroatoms. The van der Waals surface area contributed by atoms with Crippen molar-refractivity contribution in [2.45, 2.75) is 19.9 Å². The SMILES string of the molecule is CC1CN(CC(N)c2ccc(F)c(F)c2)CC1C. The fourth-order valence-electron chi connectivity index (χ4n) is 2.52. The normalized spacial score (nSPS) is 26.5. The second kappa shape index (κ2) is 5.33. The number of halogens is 2. The first-order chi connectivity index (χ1) is 8.47. The second-order valence-electron chi connectivity index (χ2n) is 5.45. The highest BCUT2D eigenvalue weighted by Crippen LogP contribution is 2.24. The third-order valence-corrected chi connectivity index (χ3v) is 3.89. The molecular weight excluding hydrogens is 234 g/mol. The van der Waals surface area contributed by atoms with Crippen molar-refractivity contribution >= 4 is 0 Å². The van der Waals surface area contributed by atoms with Gasteiger partial charge in [-0.1, -0.05) is 19.9 Å². The summed E-state index contributed by atoms with van der Waals surface area (Å²) in [5, 5.41) is 0. The van der Waals surface area contributed by atoms with Crippen LogP contribution in [0.25, 0.3) is 0 Å². The summed E-state index contributed by atoms with van der Waals surface area (Å²) in [6.45, 7) is 7.21. The van der Waals surface area contributed by atoms with Crippen molar-refractivity contribution in [1.82, 2.24) is 4.90 Å². The number of likely N-dealkylation sites (tertiary alicyclic amines) is 1. The summed E-state index contributed by atoms with van der Waals surface area (Å²) in [5.41, 5.74) is 6.71. The molecule has 1 aromatic carbocycles. The summed E-state index contributed by atoms with van der Waals surface area (Å²) >= 11 is 0. The number of hydrogen-bond acceptors (Lipinski definition) is 2. The van der Waals surface area contributed by atoms with Crippen molar-refractivity contribution in [3.63, 3.8) is 0 Å². The highest BCUT2D eigenvalue weighted by Gasteiger charge is 2.27. The molecule has 0 radical (unpaired) electrons. The number of hydrogen-bond donors (Lipinski definition) is 1. The van der Waals surface area contributed by atoms with Crippen molar-refractivity contribution in [2.75, 3.05) is 19.6 Å². The van der Waals surface area contributed by atoms with E-state index in [0.29, 0.717) is 23.9 Å². The molecule has 0 aromatic heterocycles. The van der Waals surface area contributed by atoms with Crippen LogP contribution >= 0.6 is 0 Å². The maximum atomic E-state index is 13.1. The van der Waals surface area contributed by atoms with Crippen LogP contribution < -0.4 is 5.73 Å². The zero-order chi connectivity index (χ0) is 13.3. The maximum absolute atomic E-state index is 13.1. The first-order valence-corrected chi connectivity index (χ1v) is 6.40. The Balaban J connectivity index is 1.99. The number of nitrogens with two attached hydrogens (primary N) is 1. The van der Waals surface area contributed by atoms with Crippen LogP contribution in [0.1, 0.15) is 25.5 Å². The summed E-state index contributed by atoms with van der Waals surface area (Å²) in [4.78, 5) is 2.29. The van der Waals surface area contributed by atoms with Crippen molar-refractivity contribution in [1.29, 1.82) is 0 Å². The predicted octanol–water partition coefficient (Wildman–Crippen LogP) is 2.55. The monoisotopic (exact) mass is 254 g/mol. The largest absolute Gasteiger partial charge is 0.323 e. The topological polar surface area (TPSA) is 29.3 Å². The summed E-state index contributed by atoms with van der Waals surface area (Å²) in [6, 6.07) is 3.63.